The quantitative estimate of drug-likeness (QED) is 0.555. The zero-order valence-corrected chi connectivity index (χ0v) is 8.89. The molecule has 0 aliphatic rings. The van der Waals surface area contributed by atoms with Gasteiger partial charge in [-0.3, -0.25) is 0 Å². The summed E-state index contributed by atoms with van der Waals surface area (Å²) >= 11 is 14.9. The molecule has 0 bridgehead atoms. The maximum Gasteiger partial charge on any atom is 0.0612 e. The minimum atomic E-state index is 0.561. The first-order valence-corrected chi connectivity index (χ1v) is 4.48. The molecule has 0 unspecified atom stereocenters. The zero-order valence-electron chi connectivity index (χ0n) is 5.79. The van der Waals surface area contributed by atoms with Gasteiger partial charge in [0.2, 0.25) is 0 Å². The predicted molar refractivity (Wildman–Crippen MR) is 53.3 cm³/mol. The molecule has 4 heteroatoms. The van der Waals surface area contributed by atoms with Crippen LogP contribution in [0, 0.1) is 6.92 Å². The molecule has 0 fully saturated rings. The van der Waals surface area contributed by atoms with Crippen molar-refractivity contribution in [3.8, 4) is 0 Å². The van der Waals surface area contributed by atoms with Gasteiger partial charge in [-0.15, -0.1) is 0 Å². The van der Waals surface area contributed by atoms with Crippen molar-refractivity contribution in [2.45, 2.75) is 6.92 Å². The van der Waals surface area contributed by atoms with E-state index in [0.29, 0.717) is 20.2 Å². The first-order valence-electron chi connectivity index (χ1n) is 2.93. The Bertz CT molecular complexity index is 273. The maximum atomic E-state index is 5.88. The summed E-state index contributed by atoms with van der Waals surface area (Å²) in [6.07, 6.45) is 0. The third-order valence-electron chi connectivity index (χ3n) is 1.42. The smallest absolute Gasteiger partial charge is 0.0612 e. The molecule has 0 spiro atoms. The molecule has 0 atom stereocenters. The molecule has 1 nitrogen and oxygen atoms in total. The van der Waals surface area contributed by atoms with Crippen LogP contribution in [-0.4, -0.2) is 0 Å². The molecule has 2 N–H and O–H groups in total. The van der Waals surface area contributed by atoms with Crippen LogP contribution in [0.5, 0.6) is 0 Å². The molecule has 1 rings (SSSR count). The van der Waals surface area contributed by atoms with Crippen molar-refractivity contribution in [1.82, 2.24) is 0 Å². The summed E-state index contributed by atoms with van der Waals surface area (Å²) in [4.78, 5) is 0. The molecule has 0 aliphatic heterocycles. The van der Waals surface area contributed by atoms with Gasteiger partial charge in [-0.05, 0) is 34.5 Å². The lowest BCUT2D eigenvalue weighted by atomic mass is 10.2. The van der Waals surface area contributed by atoms with Crippen LogP contribution in [0.1, 0.15) is 5.56 Å². The summed E-state index contributed by atoms with van der Waals surface area (Å²) in [6.45, 7) is 1.84. The van der Waals surface area contributed by atoms with E-state index in [1.54, 1.807) is 6.07 Å². The Morgan fingerprint density at radius 2 is 2.00 bits per heavy atom. The number of benzene rings is 1. The molecule has 0 aromatic heterocycles. The minimum Gasteiger partial charge on any atom is -0.398 e. The zero-order chi connectivity index (χ0) is 8.59. The molecule has 0 radical (unpaired) electrons. The molecule has 11 heavy (non-hydrogen) atoms. The fourth-order valence-corrected chi connectivity index (χ4v) is 1.59. The lowest BCUT2D eigenvalue weighted by molar-refractivity contribution is 1.45. The second-order valence-electron chi connectivity index (χ2n) is 2.20. The Morgan fingerprint density at radius 1 is 1.45 bits per heavy atom. The highest BCUT2D eigenvalue weighted by Gasteiger charge is 2.07. The van der Waals surface area contributed by atoms with Crippen LogP contribution in [0.25, 0.3) is 0 Å². The van der Waals surface area contributed by atoms with Gasteiger partial charge >= 0.3 is 0 Å². The van der Waals surface area contributed by atoms with E-state index in [0.717, 1.165) is 5.56 Å². The van der Waals surface area contributed by atoms with Crippen LogP contribution in [-0.2, 0) is 0 Å². The van der Waals surface area contributed by atoms with E-state index in [2.05, 4.69) is 15.9 Å². The van der Waals surface area contributed by atoms with Crippen molar-refractivity contribution in [2.24, 2.45) is 0 Å². The molecule has 0 amide bonds. The third kappa shape index (κ3) is 1.63. The first-order chi connectivity index (χ1) is 5.04. The SMILES string of the molecule is Cc1c(Cl)cc(N)c(Br)c1Cl. The minimum absolute atomic E-state index is 0.561. The molecular formula is C7H6BrCl2N. The normalized spacial score (nSPS) is 10.2. The van der Waals surface area contributed by atoms with Gasteiger partial charge in [0, 0.05) is 10.7 Å². The second kappa shape index (κ2) is 3.21. The number of nitrogen functional groups attached to an aromatic ring is 1. The lowest BCUT2D eigenvalue weighted by Gasteiger charge is -2.05. The highest BCUT2D eigenvalue weighted by molar-refractivity contribution is 9.10. The molecule has 0 saturated heterocycles. The number of halogens is 3. The van der Waals surface area contributed by atoms with E-state index < -0.39 is 0 Å². The van der Waals surface area contributed by atoms with Gasteiger partial charge < -0.3 is 5.73 Å². The van der Waals surface area contributed by atoms with Gasteiger partial charge in [0.25, 0.3) is 0 Å². The number of hydrogen-bond acceptors (Lipinski definition) is 1. The van der Waals surface area contributed by atoms with Gasteiger partial charge in [0.1, 0.15) is 0 Å². The maximum absolute atomic E-state index is 5.88. The molecule has 0 heterocycles. The number of anilines is 1. The molecular weight excluding hydrogens is 249 g/mol. The topological polar surface area (TPSA) is 26.0 Å². The van der Waals surface area contributed by atoms with Crippen LogP contribution < -0.4 is 5.73 Å². The van der Waals surface area contributed by atoms with E-state index in [1.165, 1.54) is 0 Å². The fourth-order valence-electron chi connectivity index (χ4n) is 0.704. The van der Waals surface area contributed by atoms with Crippen LogP contribution in [0.15, 0.2) is 10.5 Å². The predicted octanol–water partition coefficient (Wildman–Crippen LogP) is 3.65. The average Bonchev–Trinajstić information content (AvgIpc) is 1.97. The van der Waals surface area contributed by atoms with Crippen molar-refractivity contribution < 1.29 is 0 Å². The second-order valence-corrected chi connectivity index (χ2v) is 3.78. The van der Waals surface area contributed by atoms with Crippen molar-refractivity contribution in [3.63, 3.8) is 0 Å². The summed E-state index contributed by atoms with van der Waals surface area (Å²) in [5.74, 6) is 0. The van der Waals surface area contributed by atoms with E-state index in [1.807, 2.05) is 6.92 Å². The summed E-state index contributed by atoms with van der Waals surface area (Å²) < 4.78 is 0.709. The van der Waals surface area contributed by atoms with Gasteiger partial charge in [-0.25, -0.2) is 0 Å². The monoisotopic (exact) mass is 253 g/mol. The molecule has 0 saturated carbocycles. The molecule has 60 valence electrons. The Kier molecular flexibility index (Phi) is 2.68. The summed E-state index contributed by atoms with van der Waals surface area (Å²) in [7, 11) is 0. The van der Waals surface area contributed by atoms with E-state index >= 15 is 0 Å². The van der Waals surface area contributed by atoms with Crippen molar-refractivity contribution >= 4 is 44.8 Å². The standard InChI is InChI=1S/C7H6BrCl2N/c1-3-4(9)2-5(11)6(8)7(3)10/h2H,11H2,1H3. The van der Waals surface area contributed by atoms with Crippen molar-refractivity contribution in [1.29, 1.82) is 0 Å². The Hall–Kier alpha value is 0.0800. The summed E-state index contributed by atoms with van der Waals surface area (Å²) in [5, 5.41) is 1.17. The van der Waals surface area contributed by atoms with Crippen LogP contribution in [0.3, 0.4) is 0 Å². The van der Waals surface area contributed by atoms with E-state index in [-0.39, 0.29) is 0 Å². The molecule has 1 aromatic rings. The van der Waals surface area contributed by atoms with Gasteiger partial charge in [0.15, 0.2) is 0 Å². The van der Waals surface area contributed by atoms with Crippen LogP contribution in [0.2, 0.25) is 10.0 Å². The van der Waals surface area contributed by atoms with Crippen molar-refractivity contribution in [3.05, 3.63) is 26.1 Å². The summed E-state index contributed by atoms with van der Waals surface area (Å²) in [6, 6.07) is 1.67. The Balaban J connectivity index is 3.46. The number of nitrogens with two attached hydrogens (primary N) is 1. The highest BCUT2D eigenvalue weighted by Crippen LogP contribution is 2.35. The average molecular weight is 255 g/mol. The van der Waals surface area contributed by atoms with E-state index in [4.69, 9.17) is 28.9 Å². The van der Waals surface area contributed by atoms with Crippen molar-refractivity contribution in [2.75, 3.05) is 5.73 Å². The van der Waals surface area contributed by atoms with E-state index in [9.17, 15) is 0 Å². The first kappa shape index (κ1) is 9.17. The highest BCUT2D eigenvalue weighted by atomic mass is 79.9. The third-order valence-corrected chi connectivity index (χ3v) is 3.36. The number of hydrogen-bond donors (Lipinski definition) is 1. The molecule has 1 aromatic carbocycles. The Morgan fingerprint density at radius 3 is 2.55 bits per heavy atom. The number of rotatable bonds is 0. The van der Waals surface area contributed by atoms with Gasteiger partial charge in [-0.1, -0.05) is 23.2 Å². The van der Waals surface area contributed by atoms with Crippen LogP contribution in [0.4, 0.5) is 5.69 Å². The fraction of sp³-hybridized carbons (Fsp3) is 0.143. The lowest BCUT2D eigenvalue weighted by Crippen LogP contribution is -1.89. The Labute approximate surface area is 83.6 Å². The largest absolute Gasteiger partial charge is 0.398 e. The van der Waals surface area contributed by atoms with Gasteiger partial charge in [0.05, 0.1) is 9.50 Å². The molecule has 0 aliphatic carbocycles. The van der Waals surface area contributed by atoms with Crippen LogP contribution >= 0.6 is 39.1 Å². The summed E-state index contributed by atoms with van der Waals surface area (Å²) in [5.41, 5.74) is 6.98. The van der Waals surface area contributed by atoms with Gasteiger partial charge in [-0.2, -0.15) is 0 Å².